The van der Waals surface area contributed by atoms with Crippen molar-refractivity contribution < 1.29 is 14.3 Å². The van der Waals surface area contributed by atoms with Crippen molar-refractivity contribution >= 4 is 6.09 Å². The summed E-state index contributed by atoms with van der Waals surface area (Å²) in [6.07, 6.45) is 1.26. The highest BCUT2D eigenvalue weighted by atomic mass is 16.6. The SMILES string of the molecule is COc1ccc([C@H]2[C@H]3CN(C(=O)OC(C)(C)C)CC=C3C(C#N)=C(N)C2(C#N)C#N)cc1. The van der Waals surface area contributed by atoms with Crippen molar-refractivity contribution in [2.45, 2.75) is 32.3 Å². The number of hydrogen-bond donors (Lipinski definition) is 1. The molecule has 1 heterocycles. The third kappa shape index (κ3) is 3.74. The Morgan fingerprint density at radius 3 is 2.31 bits per heavy atom. The number of carbonyl (C=O) groups is 1. The summed E-state index contributed by atoms with van der Waals surface area (Å²) in [6, 6.07) is 13.3. The summed E-state index contributed by atoms with van der Waals surface area (Å²) in [5.41, 5.74) is 5.27. The summed E-state index contributed by atoms with van der Waals surface area (Å²) in [5, 5.41) is 30.1. The summed E-state index contributed by atoms with van der Waals surface area (Å²) in [5.74, 6) is -0.567. The summed E-state index contributed by atoms with van der Waals surface area (Å²) < 4.78 is 10.7. The molecule has 1 aliphatic carbocycles. The number of benzene rings is 1. The highest BCUT2D eigenvalue weighted by Crippen LogP contribution is 2.54. The van der Waals surface area contributed by atoms with E-state index in [4.69, 9.17) is 15.2 Å². The Labute approximate surface area is 187 Å². The molecule has 2 atom stereocenters. The maximum absolute atomic E-state index is 12.8. The fourth-order valence-electron chi connectivity index (χ4n) is 4.34. The van der Waals surface area contributed by atoms with Crippen LogP contribution in [0.1, 0.15) is 32.3 Å². The molecule has 1 amide bonds. The Balaban J connectivity index is 2.17. The van der Waals surface area contributed by atoms with Crippen LogP contribution in [-0.2, 0) is 4.74 Å². The molecule has 2 aliphatic rings. The Kier molecular flexibility index (Phi) is 5.88. The Bertz CT molecular complexity index is 1090. The largest absolute Gasteiger partial charge is 0.497 e. The number of allylic oxidation sites excluding steroid dienone is 2. The van der Waals surface area contributed by atoms with Crippen LogP contribution in [0.15, 0.2) is 47.2 Å². The average molecular weight is 431 g/mol. The zero-order chi connectivity index (χ0) is 23.7. The Morgan fingerprint density at radius 1 is 1.19 bits per heavy atom. The van der Waals surface area contributed by atoms with Gasteiger partial charge in [0.25, 0.3) is 0 Å². The second-order valence-corrected chi connectivity index (χ2v) is 8.83. The van der Waals surface area contributed by atoms with Gasteiger partial charge in [0.1, 0.15) is 17.4 Å². The molecule has 164 valence electrons. The van der Waals surface area contributed by atoms with Crippen LogP contribution >= 0.6 is 0 Å². The predicted molar refractivity (Wildman–Crippen MR) is 116 cm³/mol. The molecule has 32 heavy (non-hydrogen) atoms. The van der Waals surface area contributed by atoms with Crippen molar-refractivity contribution in [2.75, 3.05) is 20.2 Å². The molecule has 1 aliphatic heterocycles. The van der Waals surface area contributed by atoms with Crippen LogP contribution in [0, 0.1) is 45.3 Å². The first-order valence-corrected chi connectivity index (χ1v) is 10.2. The van der Waals surface area contributed by atoms with E-state index in [0.717, 1.165) is 0 Å². The molecule has 0 bridgehead atoms. The van der Waals surface area contributed by atoms with Crippen LogP contribution in [0.2, 0.25) is 0 Å². The van der Waals surface area contributed by atoms with Gasteiger partial charge in [0.15, 0.2) is 5.41 Å². The molecule has 0 fully saturated rings. The first-order chi connectivity index (χ1) is 15.1. The summed E-state index contributed by atoms with van der Waals surface area (Å²) in [6.45, 7) is 5.77. The van der Waals surface area contributed by atoms with Gasteiger partial charge >= 0.3 is 6.09 Å². The highest BCUT2D eigenvalue weighted by molar-refractivity contribution is 5.70. The predicted octanol–water partition coefficient (Wildman–Crippen LogP) is 3.36. The van der Waals surface area contributed by atoms with Gasteiger partial charge in [-0.05, 0) is 44.0 Å². The number of nitriles is 3. The number of hydrogen-bond acceptors (Lipinski definition) is 7. The van der Waals surface area contributed by atoms with E-state index < -0.39 is 28.9 Å². The van der Waals surface area contributed by atoms with Gasteiger partial charge in [-0.25, -0.2) is 4.79 Å². The third-order valence-corrected chi connectivity index (χ3v) is 5.79. The van der Waals surface area contributed by atoms with Gasteiger partial charge in [-0.1, -0.05) is 18.2 Å². The van der Waals surface area contributed by atoms with Crippen LogP contribution in [-0.4, -0.2) is 36.8 Å². The van der Waals surface area contributed by atoms with Gasteiger partial charge in [-0.15, -0.1) is 0 Å². The number of amides is 1. The van der Waals surface area contributed by atoms with Crippen molar-refractivity contribution in [1.82, 2.24) is 4.90 Å². The zero-order valence-corrected chi connectivity index (χ0v) is 18.5. The van der Waals surface area contributed by atoms with Crippen LogP contribution < -0.4 is 10.5 Å². The van der Waals surface area contributed by atoms with Crippen LogP contribution in [0.4, 0.5) is 4.79 Å². The van der Waals surface area contributed by atoms with Crippen molar-refractivity contribution in [1.29, 1.82) is 15.8 Å². The van der Waals surface area contributed by atoms with Crippen molar-refractivity contribution in [3.8, 4) is 24.0 Å². The maximum atomic E-state index is 12.8. The lowest BCUT2D eigenvalue weighted by Gasteiger charge is -2.45. The number of carbonyl (C=O) groups excluding carboxylic acids is 1. The Hall–Kier alpha value is -3.96. The second kappa shape index (κ2) is 8.29. The molecule has 1 aromatic rings. The molecule has 8 nitrogen and oxygen atoms in total. The number of ether oxygens (including phenoxy) is 2. The standard InChI is InChI=1S/C24H25N5O3/c1-23(2,3)32-22(30)29-10-9-17-18(11-25)21(28)24(13-26,14-27)20(19(17)12-29)15-5-7-16(31-4)8-6-15/h5-9,19-20H,10,12,28H2,1-4H3/t19-,20-/m0/s1. The van der Waals surface area contributed by atoms with Crippen molar-refractivity contribution in [3.63, 3.8) is 0 Å². The van der Waals surface area contributed by atoms with E-state index in [1.165, 1.54) is 4.90 Å². The number of fused-ring (bicyclic) bond motifs is 1. The van der Waals surface area contributed by atoms with E-state index >= 15 is 0 Å². The van der Waals surface area contributed by atoms with Gasteiger partial charge in [-0.2, -0.15) is 15.8 Å². The topological polar surface area (TPSA) is 136 Å². The minimum absolute atomic E-state index is 0.0564. The summed E-state index contributed by atoms with van der Waals surface area (Å²) in [4.78, 5) is 14.3. The quantitative estimate of drug-likeness (QED) is 0.758. The zero-order valence-electron chi connectivity index (χ0n) is 18.5. The highest BCUT2D eigenvalue weighted by Gasteiger charge is 2.54. The number of rotatable bonds is 2. The van der Waals surface area contributed by atoms with E-state index in [1.54, 1.807) is 58.2 Å². The number of nitrogens with zero attached hydrogens (tertiary/aromatic N) is 4. The first-order valence-electron chi connectivity index (χ1n) is 10.2. The molecule has 8 heteroatoms. The average Bonchev–Trinajstić information content (AvgIpc) is 2.77. The smallest absolute Gasteiger partial charge is 0.410 e. The third-order valence-electron chi connectivity index (χ3n) is 5.79. The first kappa shape index (κ1) is 22.7. The van der Waals surface area contributed by atoms with E-state index in [9.17, 15) is 20.6 Å². The molecule has 0 saturated carbocycles. The van der Waals surface area contributed by atoms with Gasteiger partial charge in [0.05, 0.1) is 30.5 Å². The summed E-state index contributed by atoms with van der Waals surface area (Å²) >= 11 is 0. The monoisotopic (exact) mass is 431 g/mol. The molecular formula is C24H25N5O3. The second-order valence-electron chi connectivity index (χ2n) is 8.83. The van der Waals surface area contributed by atoms with Gasteiger partial charge in [-0.3, -0.25) is 0 Å². The molecule has 1 aromatic carbocycles. The lowest BCUT2D eigenvalue weighted by Crippen LogP contribution is -2.50. The molecule has 3 rings (SSSR count). The molecule has 0 aromatic heterocycles. The fourth-order valence-corrected chi connectivity index (χ4v) is 4.34. The van der Waals surface area contributed by atoms with E-state index in [1.807, 2.05) is 0 Å². The molecule has 0 spiro atoms. The van der Waals surface area contributed by atoms with E-state index in [0.29, 0.717) is 16.9 Å². The molecule has 0 radical (unpaired) electrons. The van der Waals surface area contributed by atoms with Gasteiger partial charge in [0, 0.05) is 24.9 Å². The number of methoxy groups -OCH3 is 1. The van der Waals surface area contributed by atoms with Crippen molar-refractivity contribution in [2.24, 2.45) is 17.1 Å². The molecule has 2 N–H and O–H groups in total. The maximum Gasteiger partial charge on any atom is 0.410 e. The van der Waals surface area contributed by atoms with Crippen molar-refractivity contribution in [3.05, 3.63) is 52.7 Å². The molecule has 0 saturated heterocycles. The van der Waals surface area contributed by atoms with E-state index in [2.05, 4.69) is 18.2 Å². The minimum Gasteiger partial charge on any atom is -0.497 e. The normalized spacial score (nSPS) is 21.9. The number of nitrogens with two attached hydrogens (primary N) is 1. The molecule has 0 unspecified atom stereocenters. The fraction of sp³-hybridized carbons (Fsp3) is 0.417. The van der Waals surface area contributed by atoms with Gasteiger partial charge in [0.2, 0.25) is 0 Å². The van der Waals surface area contributed by atoms with E-state index in [-0.39, 0.29) is 24.4 Å². The summed E-state index contributed by atoms with van der Waals surface area (Å²) in [7, 11) is 1.55. The molecular weight excluding hydrogens is 406 g/mol. The Morgan fingerprint density at radius 2 is 1.81 bits per heavy atom. The van der Waals surface area contributed by atoms with Gasteiger partial charge < -0.3 is 20.1 Å². The minimum atomic E-state index is -1.77. The van der Waals surface area contributed by atoms with Crippen LogP contribution in [0.25, 0.3) is 0 Å². The lowest BCUT2D eigenvalue weighted by atomic mass is 9.58. The van der Waals surface area contributed by atoms with Crippen LogP contribution in [0.5, 0.6) is 5.75 Å². The lowest BCUT2D eigenvalue weighted by molar-refractivity contribution is 0.0224. The van der Waals surface area contributed by atoms with Crippen LogP contribution in [0.3, 0.4) is 0 Å².